The van der Waals surface area contributed by atoms with Gasteiger partial charge in [0.05, 0.1) is 18.9 Å². The third-order valence-electron chi connectivity index (χ3n) is 3.71. The van der Waals surface area contributed by atoms with E-state index in [0.29, 0.717) is 41.8 Å². The molecule has 0 saturated heterocycles. The Bertz CT molecular complexity index is 959. The minimum absolute atomic E-state index is 0.0896. The van der Waals surface area contributed by atoms with Crippen molar-refractivity contribution in [1.82, 2.24) is 15.0 Å². The predicted octanol–water partition coefficient (Wildman–Crippen LogP) is 2.64. The Hall–Kier alpha value is -3.39. The molecule has 0 saturated carbocycles. The van der Waals surface area contributed by atoms with E-state index in [1.165, 1.54) is 5.01 Å². The number of hydrazine groups is 1. The zero-order chi connectivity index (χ0) is 19.2. The lowest BCUT2D eigenvalue weighted by Gasteiger charge is -2.17. The van der Waals surface area contributed by atoms with Crippen LogP contribution in [0.1, 0.15) is 13.8 Å². The fraction of sp³-hybridized carbons (Fsp3) is 0.211. The van der Waals surface area contributed by atoms with Crippen LogP contribution in [0.15, 0.2) is 53.3 Å². The SMILES string of the molecule is CCOc1ccc(-c2nc(N(N)c3ccccc3)nc(=O)[nH]2)cc1OCC. The molecule has 0 atom stereocenters. The number of rotatable bonds is 7. The van der Waals surface area contributed by atoms with E-state index in [9.17, 15) is 4.79 Å². The second-order valence-corrected chi connectivity index (χ2v) is 5.54. The first-order valence-electron chi connectivity index (χ1n) is 8.60. The summed E-state index contributed by atoms with van der Waals surface area (Å²) in [4.78, 5) is 22.9. The molecule has 3 rings (SSSR count). The van der Waals surface area contributed by atoms with Crippen LogP contribution in [0, 0.1) is 0 Å². The van der Waals surface area contributed by atoms with E-state index < -0.39 is 5.69 Å². The van der Waals surface area contributed by atoms with Crippen molar-refractivity contribution in [3.05, 3.63) is 59.0 Å². The maximum Gasteiger partial charge on any atom is 0.349 e. The molecule has 1 heterocycles. The second kappa shape index (κ2) is 8.33. The highest BCUT2D eigenvalue weighted by molar-refractivity contribution is 5.63. The number of nitrogens with zero attached hydrogens (tertiary/aromatic N) is 3. The summed E-state index contributed by atoms with van der Waals surface area (Å²) < 4.78 is 11.2. The van der Waals surface area contributed by atoms with Crippen molar-refractivity contribution in [2.75, 3.05) is 18.2 Å². The first-order valence-corrected chi connectivity index (χ1v) is 8.60. The van der Waals surface area contributed by atoms with E-state index in [-0.39, 0.29) is 5.95 Å². The number of aromatic amines is 1. The van der Waals surface area contributed by atoms with Crippen LogP contribution in [0.5, 0.6) is 11.5 Å². The molecule has 0 unspecified atom stereocenters. The van der Waals surface area contributed by atoms with E-state index in [1.807, 2.05) is 32.0 Å². The highest BCUT2D eigenvalue weighted by atomic mass is 16.5. The number of H-pyrrole nitrogens is 1. The average molecular weight is 367 g/mol. The largest absolute Gasteiger partial charge is 0.490 e. The number of hydrogen-bond acceptors (Lipinski definition) is 7. The fourth-order valence-corrected chi connectivity index (χ4v) is 2.52. The Labute approximate surface area is 156 Å². The molecule has 2 aromatic carbocycles. The topological polar surface area (TPSA) is 106 Å². The Morgan fingerprint density at radius 3 is 2.41 bits per heavy atom. The summed E-state index contributed by atoms with van der Waals surface area (Å²) in [6, 6.07) is 14.5. The molecule has 3 aromatic rings. The summed E-state index contributed by atoms with van der Waals surface area (Å²) in [7, 11) is 0. The quantitative estimate of drug-likeness (QED) is 0.488. The van der Waals surface area contributed by atoms with Crippen molar-refractivity contribution in [2.45, 2.75) is 13.8 Å². The van der Waals surface area contributed by atoms with Crippen LogP contribution in [0.2, 0.25) is 0 Å². The van der Waals surface area contributed by atoms with E-state index >= 15 is 0 Å². The van der Waals surface area contributed by atoms with Crippen LogP contribution in [-0.4, -0.2) is 28.2 Å². The summed E-state index contributed by atoms with van der Waals surface area (Å²) in [5.41, 5.74) is 0.771. The van der Waals surface area contributed by atoms with Crippen LogP contribution in [0.3, 0.4) is 0 Å². The van der Waals surface area contributed by atoms with Gasteiger partial charge in [0.15, 0.2) is 11.5 Å². The molecule has 0 fully saturated rings. The third kappa shape index (κ3) is 4.24. The Morgan fingerprint density at radius 1 is 1.00 bits per heavy atom. The van der Waals surface area contributed by atoms with Gasteiger partial charge in [-0.1, -0.05) is 18.2 Å². The van der Waals surface area contributed by atoms with Crippen molar-refractivity contribution in [2.24, 2.45) is 5.84 Å². The summed E-state index contributed by atoms with van der Waals surface area (Å²) in [5, 5.41) is 1.26. The molecular formula is C19H21N5O3. The monoisotopic (exact) mass is 367 g/mol. The molecule has 8 heteroatoms. The molecule has 0 aliphatic heterocycles. The van der Waals surface area contributed by atoms with Gasteiger partial charge in [-0.25, -0.2) is 15.6 Å². The van der Waals surface area contributed by atoms with Crippen molar-refractivity contribution in [1.29, 1.82) is 0 Å². The van der Waals surface area contributed by atoms with Gasteiger partial charge < -0.3 is 9.47 Å². The van der Waals surface area contributed by atoms with Gasteiger partial charge in [-0.2, -0.15) is 9.97 Å². The van der Waals surface area contributed by atoms with Crippen LogP contribution < -0.4 is 26.0 Å². The minimum atomic E-state index is -0.548. The molecule has 8 nitrogen and oxygen atoms in total. The van der Waals surface area contributed by atoms with Gasteiger partial charge in [0.2, 0.25) is 0 Å². The molecule has 3 N–H and O–H groups in total. The van der Waals surface area contributed by atoms with Crippen molar-refractivity contribution < 1.29 is 9.47 Å². The van der Waals surface area contributed by atoms with E-state index in [4.69, 9.17) is 15.3 Å². The van der Waals surface area contributed by atoms with Gasteiger partial charge in [-0.15, -0.1) is 0 Å². The maximum atomic E-state index is 12.1. The normalized spacial score (nSPS) is 10.5. The smallest absolute Gasteiger partial charge is 0.349 e. The molecule has 27 heavy (non-hydrogen) atoms. The number of anilines is 2. The van der Waals surface area contributed by atoms with Crippen LogP contribution in [-0.2, 0) is 0 Å². The van der Waals surface area contributed by atoms with E-state index in [1.54, 1.807) is 30.3 Å². The van der Waals surface area contributed by atoms with Gasteiger partial charge in [0.1, 0.15) is 5.82 Å². The third-order valence-corrected chi connectivity index (χ3v) is 3.71. The van der Waals surface area contributed by atoms with Gasteiger partial charge in [0.25, 0.3) is 5.95 Å². The van der Waals surface area contributed by atoms with Crippen molar-refractivity contribution >= 4 is 11.6 Å². The first kappa shape index (κ1) is 18.4. The highest BCUT2D eigenvalue weighted by Gasteiger charge is 2.14. The van der Waals surface area contributed by atoms with Crippen LogP contribution in [0.4, 0.5) is 11.6 Å². The zero-order valence-electron chi connectivity index (χ0n) is 15.2. The number of benzene rings is 2. The summed E-state index contributed by atoms with van der Waals surface area (Å²) in [6.07, 6.45) is 0. The summed E-state index contributed by atoms with van der Waals surface area (Å²) in [5.74, 6) is 7.71. The summed E-state index contributed by atoms with van der Waals surface area (Å²) >= 11 is 0. The lowest BCUT2D eigenvalue weighted by molar-refractivity contribution is 0.288. The predicted molar refractivity (Wildman–Crippen MR) is 103 cm³/mol. The lowest BCUT2D eigenvalue weighted by Crippen LogP contribution is -2.30. The Morgan fingerprint density at radius 2 is 1.70 bits per heavy atom. The molecule has 0 aliphatic carbocycles. The molecule has 0 aliphatic rings. The zero-order valence-corrected chi connectivity index (χ0v) is 15.2. The standard InChI is InChI=1S/C19H21N5O3/c1-3-26-15-11-10-13(12-16(15)27-4-2)17-21-18(23-19(25)22-17)24(20)14-8-6-5-7-9-14/h5-12H,3-4,20H2,1-2H3,(H,21,22,23,25). The fourth-order valence-electron chi connectivity index (χ4n) is 2.52. The molecule has 0 amide bonds. The van der Waals surface area contributed by atoms with E-state index in [2.05, 4.69) is 15.0 Å². The maximum absolute atomic E-state index is 12.1. The number of aromatic nitrogens is 3. The van der Waals surface area contributed by atoms with Gasteiger partial charge >= 0.3 is 5.69 Å². The molecular weight excluding hydrogens is 346 g/mol. The number of para-hydroxylation sites is 1. The second-order valence-electron chi connectivity index (χ2n) is 5.54. The number of nitrogens with two attached hydrogens (primary N) is 1. The highest BCUT2D eigenvalue weighted by Crippen LogP contribution is 2.32. The van der Waals surface area contributed by atoms with Gasteiger partial charge in [-0.3, -0.25) is 4.98 Å². The van der Waals surface area contributed by atoms with Gasteiger partial charge in [0, 0.05) is 5.56 Å². The van der Waals surface area contributed by atoms with Crippen LogP contribution >= 0.6 is 0 Å². The lowest BCUT2D eigenvalue weighted by atomic mass is 10.2. The summed E-state index contributed by atoms with van der Waals surface area (Å²) in [6.45, 7) is 4.79. The molecule has 140 valence electrons. The first-order chi connectivity index (χ1) is 13.1. The number of nitrogens with one attached hydrogen (secondary N) is 1. The Balaban J connectivity index is 2.01. The average Bonchev–Trinajstić information content (AvgIpc) is 2.69. The van der Waals surface area contributed by atoms with Gasteiger partial charge in [-0.05, 0) is 44.2 Å². The minimum Gasteiger partial charge on any atom is -0.490 e. The molecule has 0 bridgehead atoms. The molecule has 0 radical (unpaired) electrons. The van der Waals surface area contributed by atoms with E-state index in [0.717, 1.165) is 0 Å². The van der Waals surface area contributed by atoms with Crippen molar-refractivity contribution in [3.63, 3.8) is 0 Å². The molecule has 1 aromatic heterocycles. The van der Waals surface area contributed by atoms with Crippen molar-refractivity contribution in [3.8, 4) is 22.9 Å². The van der Waals surface area contributed by atoms with Crippen LogP contribution in [0.25, 0.3) is 11.4 Å². The molecule has 0 spiro atoms. The Kier molecular flexibility index (Phi) is 5.68. The number of ether oxygens (including phenoxy) is 2. The number of hydrogen-bond donors (Lipinski definition) is 2.